The molecule has 0 aliphatic heterocycles. The Morgan fingerprint density at radius 2 is 1.07 bits per heavy atom. The van der Waals surface area contributed by atoms with Crippen LogP contribution in [0.1, 0.15) is 4.88 Å². The van der Waals surface area contributed by atoms with E-state index in [4.69, 9.17) is 0 Å². The summed E-state index contributed by atoms with van der Waals surface area (Å²) in [5.74, 6) is 0. The van der Waals surface area contributed by atoms with E-state index >= 15 is 0 Å². The van der Waals surface area contributed by atoms with Crippen LogP contribution in [0.5, 0.6) is 0 Å². The molecule has 0 unspecified atom stereocenters. The van der Waals surface area contributed by atoms with E-state index in [0.717, 1.165) is 64.8 Å². The lowest BCUT2D eigenvalue weighted by Gasteiger charge is -2.16. The van der Waals surface area contributed by atoms with Crippen molar-refractivity contribution in [2.75, 3.05) is 0 Å². The Bertz CT molecular complexity index is 3580. The van der Waals surface area contributed by atoms with Gasteiger partial charge in [-0.2, -0.15) is 10.5 Å². The molecular weight excluding hydrogens is 679 g/mol. The summed E-state index contributed by atoms with van der Waals surface area (Å²) in [6.07, 6.45) is 1.71. The monoisotopic (exact) mass is 703 g/mol. The highest BCUT2D eigenvalue weighted by atomic mass is 32.1. The van der Waals surface area contributed by atoms with Gasteiger partial charge < -0.3 is 9.13 Å². The van der Waals surface area contributed by atoms with Gasteiger partial charge in [-0.05, 0) is 59.3 Å². The van der Waals surface area contributed by atoms with E-state index in [1.807, 2.05) is 0 Å². The quantitative estimate of drug-likeness (QED) is 0.172. The predicted octanol–water partition coefficient (Wildman–Crippen LogP) is 12.7. The zero-order valence-electron chi connectivity index (χ0n) is 28.6. The van der Waals surface area contributed by atoms with Gasteiger partial charge in [0.1, 0.15) is 22.5 Å². The van der Waals surface area contributed by atoms with E-state index in [9.17, 15) is 10.5 Å². The minimum Gasteiger partial charge on any atom is -0.309 e. The van der Waals surface area contributed by atoms with Crippen LogP contribution in [-0.2, 0) is 0 Å². The molecule has 6 heteroatoms. The molecule has 7 aromatic carbocycles. The van der Waals surface area contributed by atoms with Gasteiger partial charge in [-0.3, -0.25) is 4.40 Å². The minimum absolute atomic E-state index is 0.0913. The number of benzene rings is 7. The van der Waals surface area contributed by atoms with Crippen molar-refractivity contribution in [1.82, 2.24) is 13.5 Å². The fourth-order valence-electron chi connectivity index (χ4n) is 9.14. The molecule has 0 aliphatic rings. The summed E-state index contributed by atoms with van der Waals surface area (Å²) in [6, 6.07) is 56.8. The number of allylic oxidation sites excluding steroid dienone is 1. The first-order chi connectivity index (χ1) is 26.7. The average molecular weight is 704 g/mol. The average Bonchev–Trinajstić information content (AvgIpc) is 3.98. The zero-order valence-corrected chi connectivity index (χ0v) is 29.4. The third kappa shape index (κ3) is 3.69. The fraction of sp³-hybridized carbons (Fsp3) is 0. The summed E-state index contributed by atoms with van der Waals surface area (Å²) in [7, 11) is 0. The molecule has 0 amide bonds. The Labute approximate surface area is 311 Å². The maximum Gasteiger partial charge on any atom is 0.131 e. The van der Waals surface area contributed by atoms with Crippen molar-refractivity contribution in [3.63, 3.8) is 0 Å². The number of aromatic nitrogens is 3. The van der Waals surface area contributed by atoms with Crippen molar-refractivity contribution in [3.05, 3.63) is 156 Å². The van der Waals surface area contributed by atoms with Gasteiger partial charge in [-0.15, -0.1) is 11.3 Å². The van der Waals surface area contributed by atoms with Crippen LogP contribution in [0.15, 0.2) is 151 Å². The van der Waals surface area contributed by atoms with Crippen LogP contribution in [-0.4, -0.2) is 13.5 Å². The smallest absolute Gasteiger partial charge is 0.131 e. The molecule has 5 nitrogen and oxygen atoms in total. The van der Waals surface area contributed by atoms with Gasteiger partial charge >= 0.3 is 0 Å². The number of pyridine rings is 1. The number of para-hydroxylation sites is 4. The first-order valence-electron chi connectivity index (χ1n) is 17.9. The lowest BCUT2D eigenvalue weighted by Crippen LogP contribution is -2.01. The SMILES string of the molecule is N#CC(C#N)=Cc1cc2c3cccc4ccc5c6cc(-n7c8ccccc8c8ccccc87)cc(-n7c8ccccc8c8ccccc87)c6n(c2s1)c5c43. The van der Waals surface area contributed by atoms with E-state index in [-0.39, 0.29) is 5.57 Å². The Hall–Kier alpha value is -7.38. The van der Waals surface area contributed by atoms with Gasteiger partial charge in [0.05, 0.1) is 38.8 Å². The molecule has 12 rings (SSSR count). The van der Waals surface area contributed by atoms with E-state index in [1.54, 1.807) is 17.4 Å². The Morgan fingerprint density at radius 1 is 0.500 bits per heavy atom. The highest BCUT2D eigenvalue weighted by Gasteiger charge is 2.25. The van der Waals surface area contributed by atoms with Gasteiger partial charge in [0.25, 0.3) is 0 Å². The molecule has 5 heterocycles. The Balaban J connectivity index is 1.35. The molecule has 5 aromatic heterocycles. The predicted molar refractivity (Wildman–Crippen MR) is 224 cm³/mol. The van der Waals surface area contributed by atoms with Crippen molar-refractivity contribution in [2.24, 2.45) is 0 Å². The number of nitrogens with zero attached hydrogens (tertiary/aromatic N) is 5. The molecule has 0 aliphatic carbocycles. The molecule has 0 spiro atoms. The molecule has 54 heavy (non-hydrogen) atoms. The van der Waals surface area contributed by atoms with Crippen molar-refractivity contribution in [1.29, 1.82) is 10.5 Å². The van der Waals surface area contributed by atoms with Gasteiger partial charge in [-0.1, -0.05) is 103 Å². The first kappa shape index (κ1) is 29.2. The van der Waals surface area contributed by atoms with Crippen LogP contribution in [0.3, 0.4) is 0 Å². The molecular formula is C48H25N5S. The normalized spacial score (nSPS) is 12.0. The van der Waals surface area contributed by atoms with Crippen molar-refractivity contribution in [2.45, 2.75) is 0 Å². The van der Waals surface area contributed by atoms with E-state index in [0.29, 0.717) is 0 Å². The van der Waals surface area contributed by atoms with Crippen molar-refractivity contribution < 1.29 is 0 Å². The number of hydrogen-bond acceptors (Lipinski definition) is 3. The van der Waals surface area contributed by atoms with Crippen LogP contribution in [0.2, 0.25) is 0 Å². The van der Waals surface area contributed by atoms with Gasteiger partial charge in [-0.25, -0.2) is 0 Å². The first-order valence-corrected chi connectivity index (χ1v) is 18.7. The maximum atomic E-state index is 9.69. The molecule has 12 aromatic rings. The van der Waals surface area contributed by atoms with Gasteiger partial charge in [0, 0.05) is 53.7 Å². The molecule has 0 saturated carbocycles. The largest absolute Gasteiger partial charge is 0.309 e. The molecule has 0 N–H and O–H groups in total. The summed E-state index contributed by atoms with van der Waals surface area (Å²) in [5.41, 5.74) is 9.15. The van der Waals surface area contributed by atoms with Crippen LogP contribution in [0.25, 0.3) is 109 Å². The number of hydrogen-bond donors (Lipinski definition) is 0. The Morgan fingerprint density at radius 3 is 1.69 bits per heavy atom. The summed E-state index contributed by atoms with van der Waals surface area (Å²) >= 11 is 1.62. The van der Waals surface area contributed by atoms with Crippen LogP contribution in [0.4, 0.5) is 0 Å². The summed E-state index contributed by atoms with van der Waals surface area (Å²) < 4.78 is 7.33. The number of fused-ring (bicyclic) bond motifs is 12. The van der Waals surface area contributed by atoms with Crippen LogP contribution in [0, 0.1) is 22.7 Å². The van der Waals surface area contributed by atoms with Gasteiger partial charge in [0.2, 0.25) is 0 Å². The second kappa shape index (κ2) is 10.6. The van der Waals surface area contributed by atoms with Crippen LogP contribution >= 0.6 is 11.3 Å². The Kier molecular flexibility index (Phi) is 5.73. The molecule has 0 bridgehead atoms. The second-order valence-corrected chi connectivity index (χ2v) is 15.0. The van der Waals surface area contributed by atoms with E-state index in [2.05, 4.69) is 171 Å². The third-order valence-corrected chi connectivity index (χ3v) is 12.3. The third-order valence-electron chi connectivity index (χ3n) is 11.2. The van der Waals surface area contributed by atoms with Crippen molar-refractivity contribution in [3.8, 4) is 23.5 Å². The summed E-state index contributed by atoms with van der Waals surface area (Å²) in [5, 5.41) is 31.2. The summed E-state index contributed by atoms with van der Waals surface area (Å²) in [6.45, 7) is 0. The molecule has 0 radical (unpaired) electrons. The molecule has 0 saturated heterocycles. The van der Waals surface area contributed by atoms with E-state index in [1.165, 1.54) is 43.2 Å². The lowest BCUT2D eigenvalue weighted by atomic mass is 10.00. The molecule has 0 atom stereocenters. The molecule has 248 valence electrons. The standard InChI is InChI=1S/C48H25N5S/c49-26-28(27-50)22-31-25-39-36-15-9-10-29-20-21-37-38-23-30(51-40-16-5-1-11-32(40)33-12-2-6-17-41(33)51)24-44(46(38)53(48(39)54-31)47(37)45(29)36)52-42-18-7-3-13-34(42)35-14-4-8-19-43(35)52/h1-25H. The number of nitriles is 2. The highest BCUT2D eigenvalue weighted by molar-refractivity contribution is 7.19. The van der Waals surface area contributed by atoms with Crippen molar-refractivity contribution >= 4 is 109 Å². The van der Waals surface area contributed by atoms with Gasteiger partial charge in [0.15, 0.2) is 0 Å². The fourth-order valence-corrected chi connectivity index (χ4v) is 10.3. The van der Waals surface area contributed by atoms with E-state index < -0.39 is 0 Å². The maximum absolute atomic E-state index is 9.69. The second-order valence-electron chi connectivity index (χ2n) is 14.0. The number of thiophene rings is 1. The summed E-state index contributed by atoms with van der Waals surface area (Å²) in [4.78, 5) is 1.95. The highest BCUT2D eigenvalue weighted by Crippen LogP contribution is 2.47. The number of rotatable bonds is 3. The minimum atomic E-state index is 0.0913. The molecule has 0 fully saturated rings. The lowest BCUT2D eigenvalue weighted by molar-refractivity contribution is 1.14. The zero-order chi connectivity index (χ0) is 35.7. The topological polar surface area (TPSA) is 61.8 Å². The van der Waals surface area contributed by atoms with Crippen LogP contribution < -0.4 is 0 Å².